The summed E-state index contributed by atoms with van der Waals surface area (Å²) in [4.78, 5) is 51.8. The van der Waals surface area contributed by atoms with Gasteiger partial charge in [-0.15, -0.1) is 0 Å². The Morgan fingerprint density at radius 2 is 1.68 bits per heavy atom. The summed E-state index contributed by atoms with van der Waals surface area (Å²) < 4.78 is 21.8. The number of hydrogen-bond acceptors (Lipinski definition) is 9. The fraction of sp³-hybridized carbons (Fsp3) is 0.515. The van der Waals surface area contributed by atoms with Crippen LogP contribution in [-0.4, -0.2) is 70.8 Å². The number of fused-ring (bicyclic) bond motifs is 3. The van der Waals surface area contributed by atoms with E-state index >= 15 is 0 Å². The maximum atomic E-state index is 13.5. The van der Waals surface area contributed by atoms with Crippen LogP contribution in [0.3, 0.4) is 0 Å². The lowest BCUT2D eigenvalue weighted by molar-refractivity contribution is -0.142. The number of carbonyl (C=O) groups is 3. The van der Waals surface area contributed by atoms with Gasteiger partial charge >= 0.3 is 5.97 Å². The summed E-state index contributed by atoms with van der Waals surface area (Å²) in [5.74, 6) is 1.40. The van der Waals surface area contributed by atoms with Crippen LogP contribution in [0.2, 0.25) is 0 Å². The summed E-state index contributed by atoms with van der Waals surface area (Å²) in [6.45, 7) is 3.17. The van der Waals surface area contributed by atoms with E-state index in [1.54, 1.807) is 33.5 Å². The maximum absolute atomic E-state index is 13.5. The highest BCUT2D eigenvalue weighted by molar-refractivity contribution is 5.84. The van der Waals surface area contributed by atoms with Crippen LogP contribution in [0.15, 0.2) is 29.1 Å². The third kappa shape index (κ3) is 7.43. The normalized spacial score (nSPS) is 16.1. The van der Waals surface area contributed by atoms with E-state index in [1.165, 1.54) is 14.0 Å². The van der Waals surface area contributed by atoms with E-state index in [-0.39, 0.29) is 35.2 Å². The molecule has 2 amide bonds. The Labute approximate surface area is 258 Å². The Bertz CT molecular complexity index is 1440. The van der Waals surface area contributed by atoms with Crippen molar-refractivity contribution in [1.82, 2.24) is 10.2 Å². The molecular formula is C33H43N3O8. The number of nitrogens with zero attached hydrogens (tertiary/aromatic N) is 1. The maximum Gasteiger partial charge on any atom is 0.305 e. The van der Waals surface area contributed by atoms with E-state index in [0.29, 0.717) is 80.2 Å². The number of benzene rings is 1. The number of nitrogens with one attached hydrogen (secondary N) is 2. The third-order valence-corrected chi connectivity index (χ3v) is 8.45. The van der Waals surface area contributed by atoms with Gasteiger partial charge in [0.2, 0.25) is 23.0 Å². The molecule has 238 valence electrons. The van der Waals surface area contributed by atoms with Gasteiger partial charge < -0.3 is 34.5 Å². The van der Waals surface area contributed by atoms with Gasteiger partial charge in [-0.3, -0.25) is 19.2 Å². The molecule has 1 aliphatic heterocycles. The number of anilines is 1. The van der Waals surface area contributed by atoms with Gasteiger partial charge in [0.05, 0.1) is 40.2 Å². The fourth-order valence-corrected chi connectivity index (χ4v) is 6.18. The molecule has 44 heavy (non-hydrogen) atoms. The summed E-state index contributed by atoms with van der Waals surface area (Å²) in [5.41, 5.74) is 3.36. The number of methoxy groups -OCH3 is 4. The molecule has 0 bridgehead atoms. The predicted molar refractivity (Wildman–Crippen MR) is 166 cm³/mol. The van der Waals surface area contributed by atoms with Crippen LogP contribution in [-0.2, 0) is 25.5 Å². The molecule has 1 heterocycles. The Kier molecular flexibility index (Phi) is 11.1. The van der Waals surface area contributed by atoms with Crippen LogP contribution in [0.4, 0.5) is 5.69 Å². The number of carbonyl (C=O) groups excluding carboxylic acids is 3. The average molecular weight is 610 g/mol. The lowest BCUT2D eigenvalue weighted by atomic mass is 9.93. The first-order valence-corrected chi connectivity index (χ1v) is 15.1. The molecule has 2 aromatic carbocycles. The monoisotopic (exact) mass is 609 g/mol. The smallest absolute Gasteiger partial charge is 0.305 e. The second kappa shape index (κ2) is 14.9. The molecule has 0 saturated carbocycles. The van der Waals surface area contributed by atoms with Gasteiger partial charge in [-0.2, -0.15) is 0 Å². The van der Waals surface area contributed by atoms with E-state index in [9.17, 15) is 19.2 Å². The molecule has 0 aromatic heterocycles. The van der Waals surface area contributed by atoms with Gasteiger partial charge in [-0.25, -0.2) is 0 Å². The molecule has 0 spiro atoms. The summed E-state index contributed by atoms with van der Waals surface area (Å²) in [6.07, 6.45) is 4.07. The summed E-state index contributed by atoms with van der Waals surface area (Å²) in [5, 5.41) is 6.23. The first kappa shape index (κ1) is 32.6. The molecule has 2 aliphatic rings. The number of amides is 2. The Morgan fingerprint density at radius 3 is 2.32 bits per heavy atom. The highest BCUT2D eigenvalue weighted by Gasteiger charge is 2.29. The minimum atomic E-state index is -0.390. The first-order chi connectivity index (χ1) is 21.2. The van der Waals surface area contributed by atoms with Crippen molar-refractivity contribution >= 4 is 23.5 Å². The van der Waals surface area contributed by atoms with E-state index < -0.39 is 0 Å². The van der Waals surface area contributed by atoms with Crippen LogP contribution in [0, 0.1) is 5.92 Å². The number of hydrogen-bond donors (Lipinski definition) is 2. The van der Waals surface area contributed by atoms with E-state index in [0.717, 1.165) is 29.5 Å². The second-order valence-electron chi connectivity index (χ2n) is 11.2. The molecule has 1 fully saturated rings. The quantitative estimate of drug-likeness (QED) is 0.288. The Hall–Kier alpha value is -4.28. The van der Waals surface area contributed by atoms with Gasteiger partial charge in [0, 0.05) is 45.0 Å². The first-order valence-electron chi connectivity index (χ1n) is 15.1. The predicted octanol–water partition coefficient (Wildman–Crippen LogP) is 3.86. The molecular weight excluding hydrogens is 566 g/mol. The van der Waals surface area contributed by atoms with Crippen LogP contribution >= 0.6 is 0 Å². The molecule has 1 aliphatic carbocycles. The van der Waals surface area contributed by atoms with E-state index in [4.69, 9.17) is 18.9 Å². The van der Waals surface area contributed by atoms with Gasteiger partial charge in [0.1, 0.15) is 0 Å². The van der Waals surface area contributed by atoms with E-state index in [1.807, 2.05) is 17.0 Å². The largest absolute Gasteiger partial charge is 0.493 e. The molecule has 1 atom stereocenters. The lowest BCUT2D eigenvalue weighted by Gasteiger charge is -2.31. The zero-order chi connectivity index (χ0) is 31.8. The van der Waals surface area contributed by atoms with Gasteiger partial charge in [-0.1, -0.05) is 6.07 Å². The molecule has 2 N–H and O–H groups in total. The molecule has 11 nitrogen and oxygen atoms in total. The second-order valence-corrected chi connectivity index (χ2v) is 11.2. The fourth-order valence-electron chi connectivity index (χ4n) is 6.18. The summed E-state index contributed by atoms with van der Waals surface area (Å²) in [6, 6.07) is 6.72. The van der Waals surface area contributed by atoms with Crippen molar-refractivity contribution in [3.05, 3.63) is 45.6 Å². The number of aryl methyl sites for hydroxylation is 1. The van der Waals surface area contributed by atoms with Crippen LogP contribution in [0.25, 0.3) is 11.1 Å². The Morgan fingerprint density at radius 1 is 0.955 bits per heavy atom. The minimum absolute atomic E-state index is 0.0715. The average Bonchev–Trinajstić information content (AvgIpc) is 3.26. The molecule has 11 heteroatoms. The van der Waals surface area contributed by atoms with Gasteiger partial charge in [-0.05, 0) is 72.9 Å². The number of piperidine rings is 1. The summed E-state index contributed by atoms with van der Waals surface area (Å²) in [7, 11) is 6.07. The highest BCUT2D eigenvalue weighted by Crippen LogP contribution is 2.50. The van der Waals surface area contributed by atoms with Crippen molar-refractivity contribution in [1.29, 1.82) is 0 Å². The Balaban J connectivity index is 1.52. The van der Waals surface area contributed by atoms with Gasteiger partial charge in [0.25, 0.3) is 0 Å². The van der Waals surface area contributed by atoms with Crippen LogP contribution in [0.1, 0.15) is 62.6 Å². The standard InChI is InChI=1S/C33H43N3O8/c1-20(37)35-25-10-8-22-18-28(41-2)32(43-4)33(44-5)31(22)23-9-11-26(27(38)19-24(23)25)34-14-6-7-29(39)36-15-12-21(13-16-36)17-30(40)42-3/h9,11,18-19,21,25H,6-8,10,12-17H2,1-5H3,(H,34,38)(H,35,37)/t25-/m0/s1. The van der Waals surface area contributed by atoms with E-state index in [2.05, 4.69) is 10.6 Å². The number of ether oxygens (including phenoxy) is 4. The number of esters is 1. The zero-order valence-electron chi connectivity index (χ0n) is 26.2. The molecule has 0 radical (unpaired) electrons. The van der Waals surface area contributed by atoms with Crippen molar-refractivity contribution in [2.75, 3.05) is 53.4 Å². The van der Waals surface area contributed by atoms with Gasteiger partial charge in [0.15, 0.2) is 11.5 Å². The van der Waals surface area contributed by atoms with Crippen LogP contribution in [0.5, 0.6) is 17.2 Å². The van der Waals surface area contributed by atoms with Crippen molar-refractivity contribution in [2.24, 2.45) is 5.92 Å². The van der Waals surface area contributed by atoms with Crippen molar-refractivity contribution < 1.29 is 33.3 Å². The molecule has 1 saturated heterocycles. The highest BCUT2D eigenvalue weighted by atomic mass is 16.5. The minimum Gasteiger partial charge on any atom is -0.493 e. The molecule has 2 aromatic rings. The number of rotatable bonds is 11. The van der Waals surface area contributed by atoms with Crippen molar-refractivity contribution in [3.63, 3.8) is 0 Å². The number of likely N-dealkylation sites (tertiary alicyclic amines) is 1. The topological polar surface area (TPSA) is 132 Å². The lowest BCUT2D eigenvalue weighted by Crippen LogP contribution is -2.39. The zero-order valence-corrected chi connectivity index (χ0v) is 26.2. The van der Waals surface area contributed by atoms with Crippen LogP contribution < -0.4 is 30.3 Å². The SMILES string of the molecule is COC(=O)CC1CCN(C(=O)CCCNc2ccc3c(cc2=O)[C@@H](NC(C)=O)CCc2cc(OC)c(OC)c(OC)c2-3)CC1. The summed E-state index contributed by atoms with van der Waals surface area (Å²) >= 11 is 0. The molecule has 0 unspecified atom stereocenters. The van der Waals surface area contributed by atoms with Crippen molar-refractivity contribution in [3.8, 4) is 28.4 Å². The third-order valence-electron chi connectivity index (χ3n) is 8.45. The molecule has 4 rings (SSSR count). The van der Waals surface area contributed by atoms with Crippen molar-refractivity contribution in [2.45, 2.75) is 57.9 Å².